The van der Waals surface area contributed by atoms with Crippen LogP contribution >= 0.6 is 11.8 Å². The summed E-state index contributed by atoms with van der Waals surface area (Å²) in [6.07, 6.45) is -3.51. The van der Waals surface area contributed by atoms with Gasteiger partial charge in [0.1, 0.15) is 0 Å². The van der Waals surface area contributed by atoms with Gasteiger partial charge in [-0.15, -0.1) is 0 Å². The van der Waals surface area contributed by atoms with Gasteiger partial charge in [0.2, 0.25) is 0 Å². The topological polar surface area (TPSA) is 26.8 Å². The predicted octanol–water partition coefficient (Wildman–Crippen LogP) is 5.08. The number of thioether (sulfide) groups is 1. The lowest BCUT2D eigenvalue weighted by Crippen LogP contribution is -2.47. The molecule has 0 aromatic heterocycles. The zero-order valence-corrected chi connectivity index (χ0v) is 19.2. The van der Waals surface area contributed by atoms with E-state index in [1.807, 2.05) is 36.1 Å². The van der Waals surface area contributed by atoms with Gasteiger partial charge in [-0.1, -0.05) is 36.0 Å². The van der Waals surface area contributed by atoms with E-state index in [1.165, 1.54) is 23.9 Å². The van der Waals surface area contributed by atoms with E-state index in [2.05, 4.69) is 9.80 Å². The lowest BCUT2D eigenvalue weighted by atomic mass is 10.1. The number of piperazine rings is 1. The molecule has 0 amide bonds. The van der Waals surface area contributed by atoms with Gasteiger partial charge >= 0.3 is 6.18 Å². The molecule has 0 radical (unpaired) electrons. The van der Waals surface area contributed by atoms with Crippen molar-refractivity contribution in [3.8, 4) is 0 Å². The quantitative estimate of drug-likeness (QED) is 0.360. The Morgan fingerprint density at radius 1 is 1.00 bits per heavy atom. The van der Waals surface area contributed by atoms with Crippen molar-refractivity contribution < 1.29 is 18.0 Å². The molecule has 2 aromatic rings. The third-order valence-corrected chi connectivity index (χ3v) is 6.36. The third kappa shape index (κ3) is 6.98. The summed E-state index contributed by atoms with van der Waals surface area (Å²) < 4.78 is 39.9. The number of hydrogen-bond acceptors (Lipinski definition) is 5. The number of carbonyl (C=O) groups is 1. The number of para-hydroxylation sites is 1. The summed E-state index contributed by atoms with van der Waals surface area (Å²) in [6.45, 7) is 8.36. The van der Waals surface area contributed by atoms with Gasteiger partial charge in [-0.05, 0) is 49.7 Å². The molecule has 8 heteroatoms. The van der Waals surface area contributed by atoms with E-state index >= 15 is 0 Å². The number of hydrogen-bond donors (Lipinski definition) is 0. The van der Waals surface area contributed by atoms with Crippen molar-refractivity contribution in [2.24, 2.45) is 0 Å². The van der Waals surface area contributed by atoms with Gasteiger partial charge in [0.15, 0.2) is 5.62 Å². The molecule has 2 aromatic carbocycles. The molecule has 0 spiro atoms. The molecular weight excluding hydrogens is 435 g/mol. The van der Waals surface area contributed by atoms with Crippen LogP contribution in [-0.4, -0.2) is 67.0 Å². The first-order valence-corrected chi connectivity index (χ1v) is 11.9. The van der Waals surface area contributed by atoms with Crippen LogP contribution in [0.3, 0.4) is 0 Å². The maximum atomic E-state index is 13.3. The smallest absolute Gasteiger partial charge is 0.341 e. The number of carbonyl (C=O) groups excluding carboxylic acids is 1. The molecule has 0 unspecified atom stereocenters. The molecule has 0 N–H and O–H groups in total. The van der Waals surface area contributed by atoms with Crippen molar-refractivity contribution in [2.45, 2.75) is 19.5 Å². The SMILES string of the molecule is Cc1ccccc1N(CCCN1CCN(CCSC=O)CC1)c1cccc(C(F)(F)F)c1. The Morgan fingerprint density at radius 2 is 1.69 bits per heavy atom. The zero-order valence-electron chi connectivity index (χ0n) is 18.4. The first-order chi connectivity index (χ1) is 15.4. The van der Waals surface area contributed by atoms with E-state index in [0.29, 0.717) is 12.2 Å². The number of anilines is 2. The van der Waals surface area contributed by atoms with E-state index in [1.54, 1.807) is 6.07 Å². The van der Waals surface area contributed by atoms with E-state index in [4.69, 9.17) is 0 Å². The Labute approximate surface area is 192 Å². The molecule has 1 fully saturated rings. The van der Waals surface area contributed by atoms with E-state index in [9.17, 15) is 18.0 Å². The molecule has 32 heavy (non-hydrogen) atoms. The first-order valence-electron chi connectivity index (χ1n) is 10.9. The Hall–Kier alpha value is -2.03. The highest BCUT2D eigenvalue weighted by Crippen LogP contribution is 2.34. The highest BCUT2D eigenvalue weighted by Gasteiger charge is 2.31. The Balaban J connectivity index is 1.63. The second kappa shape index (κ2) is 11.7. The minimum absolute atomic E-state index is 0.562. The fraction of sp³-hybridized carbons (Fsp3) is 0.458. The monoisotopic (exact) mass is 465 g/mol. The summed E-state index contributed by atoms with van der Waals surface area (Å²) in [6, 6.07) is 13.4. The molecule has 0 aliphatic carbocycles. The van der Waals surface area contributed by atoms with Gasteiger partial charge < -0.3 is 9.80 Å². The predicted molar refractivity (Wildman–Crippen MR) is 126 cm³/mol. The van der Waals surface area contributed by atoms with Crippen molar-refractivity contribution in [1.82, 2.24) is 9.80 Å². The summed E-state index contributed by atoms with van der Waals surface area (Å²) in [5.41, 5.74) is 2.79. The lowest BCUT2D eigenvalue weighted by Gasteiger charge is -2.35. The van der Waals surface area contributed by atoms with Gasteiger partial charge in [-0.3, -0.25) is 9.69 Å². The Kier molecular flexibility index (Phi) is 9.02. The molecule has 1 aliphatic heterocycles. The molecule has 1 saturated heterocycles. The summed E-state index contributed by atoms with van der Waals surface area (Å²) in [5, 5.41) is 0. The standard InChI is InChI=1S/C24H30F3N3OS/c1-20-6-2-3-9-23(20)30(22-8-4-7-21(18-22)24(25,26)27)11-5-10-28-12-14-29(15-13-28)16-17-32-19-31/h2-4,6-9,18-19H,5,10-17H2,1H3. The van der Waals surface area contributed by atoms with Crippen molar-refractivity contribution in [2.75, 3.05) is 56.5 Å². The van der Waals surface area contributed by atoms with Crippen LogP contribution in [-0.2, 0) is 11.0 Å². The molecule has 1 aliphatic rings. The molecule has 174 valence electrons. The highest BCUT2D eigenvalue weighted by molar-refractivity contribution is 8.11. The van der Waals surface area contributed by atoms with E-state index < -0.39 is 11.7 Å². The largest absolute Gasteiger partial charge is 0.416 e. The van der Waals surface area contributed by atoms with Crippen LogP contribution in [0.1, 0.15) is 17.5 Å². The van der Waals surface area contributed by atoms with Crippen LogP contribution in [0.25, 0.3) is 0 Å². The van der Waals surface area contributed by atoms with Crippen molar-refractivity contribution in [1.29, 1.82) is 0 Å². The van der Waals surface area contributed by atoms with Crippen LogP contribution in [0.5, 0.6) is 0 Å². The van der Waals surface area contributed by atoms with Gasteiger partial charge in [-0.2, -0.15) is 13.2 Å². The molecule has 0 bridgehead atoms. The summed E-state index contributed by atoms with van der Waals surface area (Å²) in [4.78, 5) is 17.2. The average molecular weight is 466 g/mol. The number of benzene rings is 2. The second-order valence-corrected chi connectivity index (χ2v) is 8.92. The number of nitrogens with zero attached hydrogens (tertiary/aromatic N) is 3. The minimum Gasteiger partial charge on any atom is -0.341 e. The van der Waals surface area contributed by atoms with Crippen LogP contribution in [0.4, 0.5) is 24.5 Å². The molecule has 3 rings (SSSR count). The van der Waals surface area contributed by atoms with Crippen LogP contribution in [0.15, 0.2) is 48.5 Å². The van der Waals surface area contributed by atoms with Crippen LogP contribution in [0, 0.1) is 6.92 Å². The second-order valence-electron chi connectivity index (χ2n) is 7.99. The molecular formula is C24H30F3N3OS. The molecule has 0 saturated carbocycles. The highest BCUT2D eigenvalue weighted by atomic mass is 32.2. The van der Waals surface area contributed by atoms with Gasteiger partial charge in [-0.25, -0.2) is 0 Å². The fourth-order valence-electron chi connectivity index (χ4n) is 4.02. The number of alkyl halides is 3. The normalized spacial score (nSPS) is 15.6. The number of rotatable bonds is 10. The summed E-state index contributed by atoms with van der Waals surface area (Å²) >= 11 is 1.31. The third-order valence-electron chi connectivity index (χ3n) is 5.81. The zero-order chi connectivity index (χ0) is 23.0. The fourth-order valence-corrected chi connectivity index (χ4v) is 4.48. The summed E-state index contributed by atoms with van der Waals surface area (Å²) in [7, 11) is 0. The molecule has 1 heterocycles. The number of halogens is 3. The molecule has 4 nitrogen and oxygen atoms in total. The van der Waals surface area contributed by atoms with Crippen molar-refractivity contribution in [3.05, 3.63) is 59.7 Å². The first kappa shape index (κ1) is 24.6. The summed E-state index contributed by atoms with van der Waals surface area (Å²) in [5.74, 6) is 0.825. The van der Waals surface area contributed by atoms with Crippen molar-refractivity contribution >= 4 is 28.8 Å². The van der Waals surface area contributed by atoms with Gasteiger partial charge in [0.05, 0.1) is 5.56 Å². The average Bonchev–Trinajstić information content (AvgIpc) is 2.78. The van der Waals surface area contributed by atoms with Gasteiger partial charge in [0, 0.05) is 56.4 Å². The van der Waals surface area contributed by atoms with Crippen LogP contribution in [0.2, 0.25) is 0 Å². The van der Waals surface area contributed by atoms with E-state index in [-0.39, 0.29) is 0 Å². The van der Waals surface area contributed by atoms with Crippen LogP contribution < -0.4 is 4.90 Å². The molecule has 0 atom stereocenters. The Morgan fingerprint density at radius 3 is 2.34 bits per heavy atom. The maximum absolute atomic E-state index is 13.3. The van der Waals surface area contributed by atoms with Gasteiger partial charge in [0.25, 0.3) is 0 Å². The minimum atomic E-state index is -4.36. The van der Waals surface area contributed by atoms with Crippen molar-refractivity contribution in [3.63, 3.8) is 0 Å². The lowest BCUT2D eigenvalue weighted by molar-refractivity contribution is -0.137. The van der Waals surface area contributed by atoms with E-state index in [0.717, 1.165) is 74.4 Å². The maximum Gasteiger partial charge on any atom is 0.416 e. The Bertz CT molecular complexity index is 870. The number of aryl methyl sites for hydroxylation is 1.